The Kier molecular flexibility index (Phi) is 4.19. The van der Waals surface area contributed by atoms with E-state index in [1.807, 2.05) is 13.8 Å². The summed E-state index contributed by atoms with van der Waals surface area (Å²) < 4.78 is 5.40. The molecule has 0 amide bonds. The normalized spacial score (nSPS) is 25.4. The van der Waals surface area contributed by atoms with Crippen molar-refractivity contribution >= 4 is 0 Å². The Hall–Kier alpha value is -0.0800. The molecule has 0 aromatic carbocycles. The number of rotatable bonds is 0. The Morgan fingerprint density at radius 3 is 1.87 bits per heavy atom. The van der Waals surface area contributed by atoms with E-state index in [2.05, 4.69) is 25.7 Å². The van der Waals surface area contributed by atoms with Crippen molar-refractivity contribution < 1.29 is 4.74 Å². The van der Waals surface area contributed by atoms with Gasteiger partial charge in [0, 0.05) is 37.3 Å². The van der Waals surface area contributed by atoms with Crippen LogP contribution in [-0.2, 0) is 4.74 Å². The van der Waals surface area contributed by atoms with E-state index in [1.54, 1.807) is 0 Å². The predicted octanol–water partition coefficient (Wildman–Crippen LogP) is 2.92. The maximum Gasteiger partial charge on any atom is 0.0472 e. The van der Waals surface area contributed by atoms with Crippen molar-refractivity contribution in [1.82, 2.24) is 4.90 Å². The Labute approximate surface area is 95.0 Å². The van der Waals surface area contributed by atoms with Gasteiger partial charge in [-0.2, -0.15) is 0 Å². The highest BCUT2D eigenvalue weighted by atomic mass is 16.5. The Morgan fingerprint density at radius 1 is 1.00 bits per heavy atom. The minimum absolute atomic E-state index is 0.365. The molecule has 0 aliphatic carbocycles. The monoisotopic (exact) mass is 213 g/mol. The van der Waals surface area contributed by atoms with Crippen LogP contribution in [0.5, 0.6) is 0 Å². The van der Waals surface area contributed by atoms with Crippen molar-refractivity contribution in [2.24, 2.45) is 5.41 Å². The molecule has 15 heavy (non-hydrogen) atoms. The van der Waals surface area contributed by atoms with Crippen LogP contribution in [0.25, 0.3) is 0 Å². The van der Waals surface area contributed by atoms with Gasteiger partial charge < -0.3 is 4.74 Å². The quantitative estimate of drug-likeness (QED) is 0.613. The molecular formula is C13H27NO. The number of ether oxygens (including phenoxy) is 1. The van der Waals surface area contributed by atoms with Crippen LogP contribution >= 0.6 is 0 Å². The summed E-state index contributed by atoms with van der Waals surface area (Å²) in [7, 11) is 0. The van der Waals surface area contributed by atoms with Gasteiger partial charge in [-0.15, -0.1) is 0 Å². The maximum atomic E-state index is 5.40. The van der Waals surface area contributed by atoms with Crippen LogP contribution in [0.15, 0.2) is 0 Å². The number of hydrogen-bond donors (Lipinski definition) is 0. The molecule has 0 atom stereocenters. The van der Waals surface area contributed by atoms with Crippen LogP contribution in [0.4, 0.5) is 0 Å². The fourth-order valence-corrected chi connectivity index (χ4v) is 2.36. The summed E-state index contributed by atoms with van der Waals surface area (Å²) in [5, 5.41) is 0. The molecule has 2 nitrogen and oxygen atoms in total. The van der Waals surface area contributed by atoms with Gasteiger partial charge in [0.1, 0.15) is 0 Å². The summed E-state index contributed by atoms with van der Waals surface area (Å²) in [5.74, 6) is 0. The highest BCUT2D eigenvalue weighted by molar-refractivity contribution is 5.00. The smallest absolute Gasteiger partial charge is 0.0472 e. The first-order valence-corrected chi connectivity index (χ1v) is 6.35. The molecule has 0 N–H and O–H groups in total. The maximum absolute atomic E-state index is 5.40. The fourth-order valence-electron chi connectivity index (χ4n) is 2.36. The molecule has 0 bridgehead atoms. The average molecular weight is 213 g/mol. The van der Waals surface area contributed by atoms with Gasteiger partial charge in [0.25, 0.3) is 0 Å². The largest absolute Gasteiger partial charge is 0.381 e. The lowest BCUT2D eigenvalue weighted by molar-refractivity contribution is -0.113. The highest BCUT2D eigenvalue weighted by Gasteiger charge is 2.46. The number of likely N-dealkylation sites (tertiary alicyclic amines) is 1. The summed E-state index contributed by atoms with van der Waals surface area (Å²) in [6.45, 7) is 15.5. The van der Waals surface area contributed by atoms with E-state index in [0.717, 1.165) is 13.2 Å². The molecule has 0 aromatic heterocycles. The van der Waals surface area contributed by atoms with E-state index in [9.17, 15) is 0 Å². The molecule has 0 aromatic rings. The van der Waals surface area contributed by atoms with Gasteiger partial charge in [-0.1, -0.05) is 13.8 Å². The van der Waals surface area contributed by atoms with Crippen LogP contribution in [0.3, 0.4) is 0 Å². The van der Waals surface area contributed by atoms with Gasteiger partial charge >= 0.3 is 0 Å². The minimum atomic E-state index is 0.365. The van der Waals surface area contributed by atoms with E-state index in [0.29, 0.717) is 11.0 Å². The number of nitrogens with zero attached hydrogens (tertiary/aromatic N) is 1. The summed E-state index contributed by atoms with van der Waals surface area (Å²) in [5.41, 5.74) is 0.995. The molecule has 2 rings (SSSR count). The van der Waals surface area contributed by atoms with E-state index < -0.39 is 0 Å². The molecule has 2 aliphatic heterocycles. The standard InChI is InChI=1S/C11H21NO.C2H6/c1-10(2,3)12-8-11(9-12)4-6-13-7-5-11;1-2/h4-9H2,1-3H3;1-2H3. The molecule has 90 valence electrons. The topological polar surface area (TPSA) is 12.5 Å². The van der Waals surface area contributed by atoms with Crippen molar-refractivity contribution in [3.63, 3.8) is 0 Å². The highest BCUT2D eigenvalue weighted by Crippen LogP contribution is 2.42. The molecule has 0 radical (unpaired) electrons. The van der Waals surface area contributed by atoms with Crippen molar-refractivity contribution in [3.8, 4) is 0 Å². The molecular weight excluding hydrogens is 186 g/mol. The third kappa shape index (κ3) is 2.94. The Bertz CT molecular complexity index is 181. The zero-order valence-electron chi connectivity index (χ0n) is 11.1. The van der Waals surface area contributed by atoms with Gasteiger partial charge in [0.15, 0.2) is 0 Å². The van der Waals surface area contributed by atoms with Crippen LogP contribution in [0, 0.1) is 5.41 Å². The zero-order valence-corrected chi connectivity index (χ0v) is 11.1. The number of hydrogen-bond acceptors (Lipinski definition) is 2. The lowest BCUT2D eigenvalue weighted by atomic mass is 9.71. The molecule has 2 fully saturated rings. The van der Waals surface area contributed by atoms with Crippen LogP contribution < -0.4 is 0 Å². The Balaban J connectivity index is 0.000000531. The lowest BCUT2D eigenvalue weighted by Gasteiger charge is -2.57. The summed E-state index contributed by atoms with van der Waals surface area (Å²) >= 11 is 0. The molecule has 2 heterocycles. The van der Waals surface area contributed by atoms with E-state index in [1.165, 1.54) is 25.9 Å². The fraction of sp³-hybridized carbons (Fsp3) is 1.00. The summed E-state index contributed by atoms with van der Waals surface area (Å²) in [6.07, 6.45) is 2.55. The second-order valence-corrected chi connectivity index (χ2v) is 5.64. The molecule has 2 heteroatoms. The molecule has 0 unspecified atom stereocenters. The van der Waals surface area contributed by atoms with E-state index in [4.69, 9.17) is 4.74 Å². The van der Waals surface area contributed by atoms with Crippen molar-refractivity contribution in [1.29, 1.82) is 0 Å². The molecule has 2 aliphatic rings. The third-order valence-corrected chi connectivity index (χ3v) is 3.55. The first kappa shape index (κ1) is 13.0. The molecule has 0 saturated carbocycles. The first-order chi connectivity index (χ1) is 7.02. The average Bonchev–Trinajstić information content (AvgIpc) is 2.17. The van der Waals surface area contributed by atoms with E-state index in [-0.39, 0.29) is 0 Å². The minimum Gasteiger partial charge on any atom is -0.381 e. The van der Waals surface area contributed by atoms with Gasteiger partial charge in [-0.3, -0.25) is 4.90 Å². The SMILES string of the molecule is CC.CC(C)(C)N1CC2(CCOCC2)C1. The van der Waals surface area contributed by atoms with Crippen LogP contribution in [0.1, 0.15) is 47.5 Å². The molecule has 2 saturated heterocycles. The summed E-state index contributed by atoms with van der Waals surface area (Å²) in [4.78, 5) is 2.58. The van der Waals surface area contributed by atoms with Gasteiger partial charge in [0.2, 0.25) is 0 Å². The van der Waals surface area contributed by atoms with Crippen LogP contribution in [-0.4, -0.2) is 36.7 Å². The van der Waals surface area contributed by atoms with Gasteiger partial charge in [-0.25, -0.2) is 0 Å². The van der Waals surface area contributed by atoms with Crippen molar-refractivity contribution in [3.05, 3.63) is 0 Å². The van der Waals surface area contributed by atoms with Crippen molar-refractivity contribution in [2.75, 3.05) is 26.3 Å². The molecule has 1 spiro atoms. The first-order valence-electron chi connectivity index (χ1n) is 6.35. The lowest BCUT2D eigenvalue weighted by Crippen LogP contribution is -2.63. The van der Waals surface area contributed by atoms with Crippen LogP contribution in [0.2, 0.25) is 0 Å². The summed E-state index contributed by atoms with van der Waals surface area (Å²) in [6, 6.07) is 0. The van der Waals surface area contributed by atoms with E-state index >= 15 is 0 Å². The Morgan fingerprint density at radius 2 is 1.47 bits per heavy atom. The van der Waals surface area contributed by atoms with Crippen molar-refractivity contribution in [2.45, 2.75) is 53.0 Å². The third-order valence-electron chi connectivity index (χ3n) is 3.55. The zero-order chi connectivity index (χ0) is 11.5. The second kappa shape index (κ2) is 4.84. The van der Waals surface area contributed by atoms with Gasteiger partial charge in [-0.05, 0) is 33.6 Å². The van der Waals surface area contributed by atoms with Gasteiger partial charge in [0.05, 0.1) is 0 Å². The predicted molar refractivity (Wildman–Crippen MR) is 65.2 cm³/mol. The second-order valence-electron chi connectivity index (χ2n) is 5.64.